The molecule has 0 saturated carbocycles. The molecule has 0 aliphatic rings. The van der Waals surface area contributed by atoms with Crippen LogP contribution in [0, 0.1) is 0 Å². The van der Waals surface area contributed by atoms with Crippen LogP contribution in [0.3, 0.4) is 0 Å². The van der Waals surface area contributed by atoms with Gasteiger partial charge in [0, 0.05) is 12.8 Å². The minimum absolute atomic E-state index is 0.124. The molecule has 0 fully saturated rings. The third-order valence-corrected chi connectivity index (χ3v) is 8.22. The monoisotopic (exact) mass is 720 g/mol. The van der Waals surface area contributed by atoms with Crippen molar-refractivity contribution in [3.05, 3.63) is 97.2 Å². The fraction of sp³-hybridized carbons (Fsp3) is 0.587. The van der Waals surface area contributed by atoms with Gasteiger partial charge in [-0.05, 0) is 102 Å². The highest BCUT2D eigenvalue weighted by atomic mass is 16.5. The molecule has 1 amide bonds. The first-order valence-electron chi connectivity index (χ1n) is 20.4. The van der Waals surface area contributed by atoms with Gasteiger partial charge < -0.3 is 15.2 Å². The Kier molecular flexibility index (Phi) is 37.3. The molecule has 0 aromatic rings. The molecule has 0 aliphatic heterocycles. The van der Waals surface area contributed by atoms with Crippen molar-refractivity contribution in [1.29, 1.82) is 0 Å². The van der Waals surface area contributed by atoms with E-state index < -0.39 is 5.97 Å². The number of carbonyl (C=O) groups excluding carboxylic acids is 2. The van der Waals surface area contributed by atoms with Crippen molar-refractivity contribution in [2.75, 3.05) is 6.54 Å². The quantitative estimate of drug-likeness (QED) is 0.0386. The molecular weight excluding hydrogens is 647 g/mol. The number of nitrogens with one attached hydrogen (secondary N) is 1. The molecule has 6 nitrogen and oxygen atoms in total. The van der Waals surface area contributed by atoms with Crippen molar-refractivity contribution in [2.45, 2.75) is 168 Å². The zero-order valence-electron chi connectivity index (χ0n) is 32.9. The highest BCUT2D eigenvalue weighted by Gasteiger charge is 2.11. The van der Waals surface area contributed by atoms with Crippen LogP contribution in [0.5, 0.6) is 0 Å². The number of aliphatic carboxylic acids is 1. The largest absolute Gasteiger partial charge is 0.480 e. The second-order valence-electron chi connectivity index (χ2n) is 13.2. The van der Waals surface area contributed by atoms with Gasteiger partial charge in [0.05, 0.1) is 0 Å². The van der Waals surface area contributed by atoms with Crippen LogP contribution in [0.2, 0.25) is 0 Å². The number of carbonyl (C=O) groups is 3. The average Bonchev–Trinajstić information content (AvgIpc) is 3.13. The Hall–Kier alpha value is -3.67. The van der Waals surface area contributed by atoms with Gasteiger partial charge in [-0.25, -0.2) is 0 Å². The summed E-state index contributed by atoms with van der Waals surface area (Å²) >= 11 is 0. The number of carboxylic acids is 1. The maximum Gasteiger partial charge on any atom is 0.322 e. The Morgan fingerprint density at radius 2 is 1.00 bits per heavy atom. The van der Waals surface area contributed by atoms with E-state index in [1.54, 1.807) is 0 Å². The number of carboxylic acid groups (broad SMARTS) is 1. The molecule has 0 spiro atoms. The lowest BCUT2D eigenvalue weighted by Crippen LogP contribution is -2.28. The molecule has 0 heterocycles. The van der Waals surface area contributed by atoms with E-state index in [1.807, 2.05) is 6.08 Å². The number of esters is 1. The summed E-state index contributed by atoms with van der Waals surface area (Å²) < 4.78 is 5.89. The number of allylic oxidation sites excluding steroid dienone is 15. The van der Waals surface area contributed by atoms with Crippen LogP contribution >= 0.6 is 0 Å². The van der Waals surface area contributed by atoms with Crippen molar-refractivity contribution in [1.82, 2.24) is 5.32 Å². The third kappa shape index (κ3) is 39.1. The molecule has 0 saturated heterocycles. The summed E-state index contributed by atoms with van der Waals surface area (Å²) in [7, 11) is 0. The van der Waals surface area contributed by atoms with Gasteiger partial charge in [-0.2, -0.15) is 0 Å². The number of unbranched alkanes of at least 4 members (excludes halogenated alkanes) is 10. The molecule has 1 unspecified atom stereocenters. The van der Waals surface area contributed by atoms with Crippen LogP contribution in [0.25, 0.3) is 0 Å². The molecule has 0 rings (SSSR count). The molecule has 0 aliphatic carbocycles. The van der Waals surface area contributed by atoms with E-state index in [9.17, 15) is 14.4 Å². The van der Waals surface area contributed by atoms with E-state index in [-0.39, 0.29) is 24.5 Å². The summed E-state index contributed by atoms with van der Waals surface area (Å²) in [6.45, 7) is 4.05. The summed E-state index contributed by atoms with van der Waals surface area (Å²) in [6.07, 6.45) is 56.8. The van der Waals surface area contributed by atoms with E-state index >= 15 is 0 Å². The van der Waals surface area contributed by atoms with Crippen LogP contribution in [0.4, 0.5) is 0 Å². The van der Waals surface area contributed by atoms with E-state index in [1.165, 1.54) is 19.3 Å². The van der Waals surface area contributed by atoms with Crippen LogP contribution in [-0.4, -0.2) is 35.6 Å². The topological polar surface area (TPSA) is 92.7 Å². The number of ether oxygens (including phenoxy) is 1. The lowest BCUT2D eigenvalue weighted by Gasteiger charge is -2.14. The van der Waals surface area contributed by atoms with Crippen LogP contribution in [0.15, 0.2) is 97.2 Å². The van der Waals surface area contributed by atoms with E-state index in [2.05, 4.69) is 110 Å². The minimum Gasteiger partial charge on any atom is -0.480 e. The highest BCUT2D eigenvalue weighted by Crippen LogP contribution is 2.14. The molecule has 0 bridgehead atoms. The standard InChI is InChI=1S/C46H73NO5/c1-3-5-7-9-11-13-15-16-17-18-19-20-21-22-24-26-28-33-37-41-46(51)52-43(38-34-30-27-25-23-14-12-10-8-6-4-2)39-35-31-29-32-36-40-44(48)47-42-45(49)50/h5,7,11-14,16-17,19-20,22,24-25,27,34,38,43H,3-4,6,8-10,15,18,21,23,26,28-33,35-37,39-42H2,1-2H3,(H,47,48)(H,49,50)/b7-5-,13-11-,14-12-,17-16-,20-19-,24-22-,27-25-,38-34-. The summed E-state index contributed by atoms with van der Waals surface area (Å²) in [4.78, 5) is 34.9. The van der Waals surface area contributed by atoms with Gasteiger partial charge in [0.1, 0.15) is 12.6 Å². The zero-order valence-corrected chi connectivity index (χ0v) is 32.9. The van der Waals surface area contributed by atoms with Crippen LogP contribution in [-0.2, 0) is 19.1 Å². The summed E-state index contributed by atoms with van der Waals surface area (Å²) in [5, 5.41) is 11.1. The maximum atomic E-state index is 12.7. The molecule has 1 atom stereocenters. The first-order chi connectivity index (χ1) is 25.5. The number of amides is 1. The van der Waals surface area contributed by atoms with Gasteiger partial charge in [0.15, 0.2) is 0 Å². The predicted molar refractivity (Wildman–Crippen MR) is 221 cm³/mol. The van der Waals surface area contributed by atoms with Gasteiger partial charge in [0.2, 0.25) is 5.91 Å². The Balaban J connectivity index is 4.36. The fourth-order valence-electron chi connectivity index (χ4n) is 5.23. The molecule has 2 N–H and O–H groups in total. The summed E-state index contributed by atoms with van der Waals surface area (Å²) in [5.41, 5.74) is 0. The highest BCUT2D eigenvalue weighted by molar-refractivity contribution is 5.80. The Labute approximate surface area is 318 Å². The third-order valence-electron chi connectivity index (χ3n) is 8.22. The van der Waals surface area contributed by atoms with E-state index in [0.29, 0.717) is 12.8 Å². The molecule has 6 heteroatoms. The minimum atomic E-state index is -1.03. The summed E-state index contributed by atoms with van der Waals surface area (Å²) in [5.74, 6) is -1.37. The summed E-state index contributed by atoms with van der Waals surface area (Å²) in [6, 6.07) is 0. The van der Waals surface area contributed by atoms with Crippen LogP contribution in [0.1, 0.15) is 162 Å². The first-order valence-corrected chi connectivity index (χ1v) is 20.4. The molecule has 0 radical (unpaired) electrons. The Bertz CT molecular complexity index is 1110. The van der Waals surface area contributed by atoms with Gasteiger partial charge in [-0.15, -0.1) is 0 Å². The lowest BCUT2D eigenvalue weighted by atomic mass is 10.1. The number of hydrogen-bond acceptors (Lipinski definition) is 4. The molecular formula is C46H73NO5. The number of hydrogen-bond donors (Lipinski definition) is 2. The van der Waals surface area contributed by atoms with Crippen molar-refractivity contribution < 1.29 is 24.2 Å². The second-order valence-corrected chi connectivity index (χ2v) is 13.2. The van der Waals surface area contributed by atoms with Crippen molar-refractivity contribution in [2.24, 2.45) is 0 Å². The fourth-order valence-corrected chi connectivity index (χ4v) is 5.23. The Morgan fingerprint density at radius 1 is 0.538 bits per heavy atom. The second kappa shape index (κ2) is 40.1. The number of rotatable bonds is 35. The van der Waals surface area contributed by atoms with E-state index in [4.69, 9.17) is 9.84 Å². The molecule has 0 aromatic heterocycles. The molecule has 0 aromatic carbocycles. The van der Waals surface area contributed by atoms with Crippen molar-refractivity contribution in [3.8, 4) is 0 Å². The average molecular weight is 720 g/mol. The normalized spacial score (nSPS) is 13.1. The van der Waals surface area contributed by atoms with Crippen molar-refractivity contribution >= 4 is 17.8 Å². The Morgan fingerprint density at radius 3 is 1.56 bits per heavy atom. The molecule has 52 heavy (non-hydrogen) atoms. The molecule has 292 valence electrons. The lowest BCUT2D eigenvalue weighted by molar-refractivity contribution is -0.147. The van der Waals surface area contributed by atoms with Gasteiger partial charge in [-0.1, -0.05) is 144 Å². The first kappa shape index (κ1) is 48.3. The van der Waals surface area contributed by atoms with Gasteiger partial charge in [0.25, 0.3) is 0 Å². The van der Waals surface area contributed by atoms with Gasteiger partial charge >= 0.3 is 11.9 Å². The smallest absolute Gasteiger partial charge is 0.322 e. The van der Waals surface area contributed by atoms with Crippen LogP contribution < -0.4 is 5.32 Å². The van der Waals surface area contributed by atoms with Gasteiger partial charge in [-0.3, -0.25) is 14.4 Å². The predicted octanol–water partition coefficient (Wildman–Crippen LogP) is 12.6. The SMILES string of the molecule is CC/C=C\C/C=C\C/C=C\C/C=C\C/C=C\CCCCCC(=O)OC(/C=C\C/C=C\C/C=C\CCCCC)CCCCCCCC(=O)NCC(=O)O. The maximum absolute atomic E-state index is 12.7. The zero-order chi connectivity index (χ0) is 38.0. The van der Waals surface area contributed by atoms with E-state index in [0.717, 1.165) is 116 Å². The van der Waals surface area contributed by atoms with Crippen molar-refractivity contribution in [3.63, 3.8) is 0 Å².